The van der Waals surface area contributed by atoms with Gasteiger partial charge in [0, 0.05) is 30.8 Å². The number of fused-ring (bicyclic) bond motifs is 1. The number of amides is 1. The predicted octanol–water partition coefficient (Wildman–Crippen LogP) is 3.06. The van der Waals surface area contributed by atoms with Crippen molar-refractivity contribution in [3.63, 3.8) is 0 Å². The lowest BCUT2D eigenvalue weighted by atomic mass is 9.90. The number of rotatable bonds is 6. The minimum atomic E-state index is -3.89. The Morgan fingerprint density at radius 2 is 1.65 bits per heavy atom. The number of nitrogens with one attached hydrogen (secondary N) is 1. The molecule has 0 unspecified atom stereocenters. The van der Waals surface area contributed by atoms with Gasteiger partial charge in [-0.2, -0.15) is 4.31 Å². The fourth-order valence-corrected chi connectivity index (χ4v) is 7.09. The first kappa shape index (κ1) is 25.6. The number of hydrogen-bond donors (Lipinski definition) is 1. The molecule has 12 heteroatoms. The van der Waals surface area contributed by atoms with Gasteiger partial charge < -0.3 is 4.42 Å². The molecule has 5 rings (SSSR count). The van der Waals surface area contributed by atoms with Crippen molar-refractivity contribution in [2.75, 3.05) is 24.7 Å². The Labute approximate surface area is 216 Å². The van der Waals surface area contributed by atoms with Gasteiger partial charge in [0.05, 0.1) is 9.79 Å². The van der Waals surface area contributed by atoms with Crippen molar-refractivity contribution < 1.29 is 26.0 Å². The number of nitrogens with zero attached hydrogens (tertiary/aromatic N) is 3. The summed E-state index contributed by atoms with van der Waals surface area (Å²) in [6, 6.07) is 11.4. The van der Waals surface area contributed by atoms with Crippen LogP contribution in [0.15, 0.2) is 56.7 Å². The van der Waals surface area contributed by atoms with Crippen molar-refractivity contribution in [3.8, 4) is 11.5 Å². The number of aromatic nitrogens is 2. The second kappa shape index (κ2) is 9.99. The molecule has 3 aromatic rings. The maximum absolute atomic E-state index is 13.1. The van der Waals surface area contributed by atoms with Crippen LogP contribution in [0.5, 0.6) is 0 Å². The monoisotopic (exact) mass is 544 g/mol. The molecule has 0 atom stereocenters. The molecule has 1 aliphatic heterocycles. The molecule has 1 amide bonds. The number of benzene rings is 2. The first-order chi connectivity index (χ1) is 17.6. The normalized spacial score (nSPS) is 17.3. The van der Waals surface area contributed by atoms with Gasteiger partial charge >= 0.3 is 6.01 Å². The number of aryl methyl sites for hydroxylation is 2. The standard InChI is InChI=1S/C25H28N4O6S2/c1-36(31,32)21-7-4-8-22(16-21)37(33,34)29-13-11-18(12-14-29)23(30)26-25-28-27-24(35-25)20-10-9-17-5-2-3-6-19(17)15-20/h4,7-10,15-16,18H,2-3,5-6,11-14H2,1H3,(H,26,28,30). The zero-order chi connectivity index (χ0) is 26.2. The van der Waals surface area contributed by atoms with E-state index in [9.17, 15) is 21.6 Å². The maximum Gasteiger partial charge on any atom is 0.322 e. The van der Waals surface area contributed by atoms with Gasteiger partial charge in [0.2, 0.25) is 21.8 Å². The summed E-state index contributed by atoms with van der Waals surface area (Å²) in [5, 5.41) is 10.7. The van der Waals surface area contributed by atoms with Gasteiger partial charge in [0.1, 0.15) is 0 Å². The average Bonchev–Trinajstić information content (AvgIpc) is 3.36. The highest BCUT2D eigenvalue weighted by Crippen LogP contribution is 2.29. The Morgan fingerprint density at radius 1 is 0.946 bits per heavy atom. The molecule has 1 aromatic heterocycles. The molecule has 0 saturated carbocycles. The summed E-state index contributed by atoms with van der Waals surface area (Å²) in [6.45, 7) is 0.265. The number of sulfone groups is 1. The molecular weight excluding hydrogens is 516 g/mol. The van der Waals surface area contributed by atoms with E-state index in [1.807, 2.05) is 6.07 Å². The van der Waals surface area contributed by atoms with Crippen LogP contribution >= 0.6 is 0 Å². The van der Waals surface area contributed by atoms with Gasteiger partial charge in [-0.15, -0.1) is 5.10 Å². The zero-order valence-electron chi connectivity index (χ0n) is 20.4. The van der Waals surface area contributed by atoms with Gasteiger partial charge in [0.25, 0.3) is 0 Å². The molecule has 0 radical (unpaired) electrons. The Balaban J connectivity index is 1.21. The highest BCUT2D eigenvalue weighted by atomic mass is 32.2. The van der Waals surface area contributed by atoms with Crippen molar-refractivity contribution in [2.45, 2.75) is 48.3 Å². The third-order valence-corrected chi connectivity index (χ3v) is 9.95. The lowest BCUT2D eigenvalue weighted by molar-refractivity contribution is -0.121. The highest BCUT2D eigenvalue weighted by molar-refractivity contribution is 7.91. The minimum absolute atomic E-state index is 0.00496. The van der Waals surface area contributed by atoms with Crippen molar-refractivity contribution in [3.05, 3.63) is 53.6 Å². The SMILES string of the molecule is CS(=O)(=O)c1cccc(S(=O)(=O)N2CCC(C(=O)Nc3nnc(-c4ccc5c(c4)CCCC5)o3)CC2)c1. The Kier molecular flexibility index (Phi) is 6.90. The molecule has 2 heterocycles. The Hall–Kier alpha value is -3.09. The van der Waals surface area contributed by atoms with Gasteiger partial charge in [0.15, 0.2) is 9.84 Å². The van der Waals surface area contributed by atoms with Crippen molar-refractivity contribution >= 4 is 31.8 Å². The smallest absolute Gasteiger partial charge is 0.322 e. The summed E-state index contributed by atoms with van der Waals surface area (Å²) in [4.78, 5) is 12.7. The highest BCUT2D eigenvalue weighted by Gasteiger charge is 2.33. The quantitative estimate of drug-likeness (QED) is 0.499. The van der Waals surface area contributed by atoms with Crippen LogP contribution in [0.25, 0.3) is 11.5 Å². The lowest BCUT2D eigenvalue weighted by Crippen LogP contribution is -2.41. The van der Waals surface area contributed by atoms with Gasteiger partial charge in [-0.25, -0.2) is 16.8 Å². The first-order valence-corrected chi connectivity index (χ1v) is 15.5. The molecule has 1 fully saturated rings. The van der Waals surface area contributed by atoms with Crippen LogP contribution < -0.4 is 5.32 Å². The molecular formula is C25H28N4O6S2. The van der Waals surface area contributed by atoms with Crippen LogP contribution in [0.1, 0.15) is 36.8 Å². The largest absolute Gasteiger partial charge is 0.403 e. The number of carbonyl (C=O) groups excluding carboxylic acids is 1. The van der Waals surface area contributed by atoms with E-state index in [0.717, 1.165) is 31.1 Å². The number of sulfonamides is 1. The van der Waals surface area contributed by atoms with Crippen molar-refractivity contribution in [1.29, 1.82) is 0 Å². The van der Waals surface area contributed by atoms with E-state index < -0.39 is 25.8 Å². The van der Waals surface area contributed by atoms with Crippen molar-refractivity contribution in [2.24, 2.45) is 5.92 Å². The summed E-state index contributed by atoms with van der Waals surface area (Å²) in [6.07, 6.45) is 6.11. The van der Waals surface area contributed by atoms with Gasteiger partial charge in [-0.05, 0) is 80.0 Å². The second-order valence-corrected chi connectivity index (χ2v) is 13.5. The van der Waals surface area contributed by atoms with Crippen LogP contribution in [-0.4, -0.2) is 56.6 Å². The van der Waals surface area contributed by atoms with Crippen LogP contribution in [0.3, 0.4) is 0 Å². The maximum atomic E-state index is 13.1. The van der Waals surface area contributed by atoms with Crippen LogP contribution in [0.4, 0.5) is 6.01 Å². The van der Waals surface area contributed by atoms with Crippen LogP contribution in [-0.2, 0) is 37.5 Å². The van der Waals surface area contributed by atoms with Crippen LogP contribution in [0, 0.1) is 5.92 Å². The third kappa shape index (κ3) is 5.46. The second-order valence-electron chi connectivity index (χ2n) is 9.52. The fourth-order valence-electron chi connectivity index (χ4n) is 4.84. The van der Waals surface area contributed by atoms with Crippen molar-refractivity contribution in [1.82, 2.24) is 14.5 Å². The summed E-state index contributed by atoms with van der Waals surface area (Å²) < 4.78 is 56.7. The van der Waals surface area contributed by atoms with E-state index in [1.54, 1.807) is 0 Å². The molecule has 196 valence electrons. The zero-order valence-corrected chi connectivity index (χ0v) is 22.0. The lowest BCUT2D eigenvalue weighted by Gasteiger charge is -2.30. The first-order valence-electron chi connectivity index (χ1n) is 12.2. The van der Waals surface area contributed by atoms with E-state index in [4.69, 9.17) is 4.42 Å². The molecule has 1 N–H and O–H groups in total. The number of carbonyl (C=O) groups is 1. The minimum Gasteiger partial charge on any atom is -0.403 e. The molecule has 0 spiro atoms. The Morgan fingerprint density at radius 3 is 2.38 bits per heavy atom. The summed E-state index contributed by atoms with van der Waals surface area (Å²) in [5.41, 5.74) is 3.45. The van der Waals surface area contributed by atoms with E-state index in [2.05, 4.69) is 27.6 Å². The van der Waals surface area contributed by atoms with Gasteiger partial charge in [-0.1, -0.05) is 17.2 Å². The van der Waals surface area contributed by atoms with E-state index in [0.29, 0.717) is 18.7 Å². The third-order valence-electron chi connectivity index (χ3n) is 6.95. The molecule has 37 heavy (non-hydrogen) atoms. The molecule has 1 saturated heterocycles. The van der Waals surface area contributed by atoms with Gasteiger partial charge in [-0.3, -0.25) is 10.1 Å². The Bertz CT molecular complexity index is 1540. The van der Waals surface area contributed by atoms with E-state index >= 15 is 0 Å². The summed E-state index contributed by atoms with van der Waals surface area (Å²) in [5.74, 6) is -0.398. The fraction of sp³-hybridized carbons (Fsp3) is 0.400. The molecule has 1 aliphatic carbocycles. The number of anilines is 1. The van der Waals surface area contributed by atoms with Crippen LogP contribution in [0.2, 0.25) is 0 Å². The molecule has 2 aromatic carbocycles. The average molecular weight is 545 g/mol. The van der Waals surface area contributed by atoms with E-state index in [-0.39, 0.29) is 34.8 Å². The summed E-state index contributed by atoms with van der Waals surface area (Å²) >= 11 is 0. The predicted molar refractivity (Wildman–Crippen MR) is 136 cm³/mol. The number of piperidine rings is 1. The molecule has 10 nitrogen and oxygen atoms in total. The number of hydrogen-bond acceptors (Lipinski definition) is 8. The molecule has 0 bridgehead atoms. The summed E-state index contributed by atoms with van der Waals surface area (Å²) in [7, 11) is -7.43. The molecule has 2 aliphatic rings. The topological polar surface area (TPSA) is 140 Å². The van der Waals surface area contributed by atoms with E-state index in [1.165, 1.54) is 46.1 Å².